The molecule has 3 rings (SSSR count). The Morgan fingerprint density at radius 1 is 1.19 bits per heavy atom. The van der Waals surface area contributed by atoms with E-state index in [1.54, 1.807) is 6.07 Å². The summed E-state index contributed by atoms with van der Waals surface area (Å²) in [6.07, 6.45) is 2.58. The molecule has 0 aliphatic carbocycles. The molecule has 27 heavy (non-hydrogen) atoms. The van der Waals surface area contributed by atoms with Gasteiger partial charge in [0.15, 0.2) is 6.10 Å². The predicted molar refractivity (Wildman–Crippen MR) is 102 cm³/mol. The van der Waals surface area contributed by atoms with E-state index in [9.17, 15) is 14.0 Å². The maximum atomic E-state index is 13.1. The third-order valence-electron chi connectivity index (χ3n) is 4.27. The Morgan fingerprint density at radius 3 is 2.81 bits per heavy atom. The van der Waals surface area contributed by atoms with Crippen molar-refractivity contribution in [1.29, 1.82) is 0 Å². The molecule has 2 N–H and O–H groups in total. The van der Waals surface area contributed by atoms with Gasteiger partial charge in [0, 0.05) is 29.2 Å². The minimum Gasteiger partial charge on any atom is -0.453 e. The Balaban J connectivity index is 1.45. The molecule has 0 aliphatic heterocycles. The number of ether oxygens (including phenoxy) is 1. The second-order valence-electron chi connectivity index (χ2n) is 6.34. The van der Waals surface area contributed by atoms with E-state index >= 15 is 0 Å². The van der Waals surface area contributed by atoms with Gasteiger partial charge in [-0.15, -0.1) is 0 Å². The van der Waals surface area contributed by atoms with Gasteiger partial charge in [-0.05, 0) is 49.6 Å². The topological polar surface area (TPSA) is 71.2 Å². The average molecular weight is 368 g/mol. The molecule has 3 aromatic rings. The van der Waals surface area contributed by atoms with Gasteiger partial charge < -0.3 is 15.0 Å². The molecule has 1 heterocycles. The van der Waals surface area contributed by atoms with Crippen LogP contribution in [0.3, 0.4) is 0 Å². The summed E-state index contributed by atoms with van der Waals surface area (Å²) < 4.78 is 18.3. The lowest BCUT2D eigenvalue weighted by atomic mass is 10.1. The third kappa shape index (κ3) is 4.94. The first-order valence-corrected chi connectivity index (χ1v) is 8.84. The van der Waals surface area contributed by atoms with Gasteiger partial charge in [-0.3, -0.25) is 9.59 Å². The Bertz CT molecular complexity index is 951. The molecule has 0 saturated heterocycles. The van der Waals surface area contributed by atoms with Crippen LogP contribution in [0.25, 0.3) is 10.9 Å². The lowest BCUT2D eigenvalue weighted by Crippen LogP contribution is -2.30. The Labute approximate surface area is 156 Å². The van der Waals surface area contributed by atoms with Crippen LogP contribution in [0, 0.1) is 5.82 Å². The number of fused-ring (bicyclic) bond motifs is 1. The van der Waals surface area contributed by atoms with Gasteiger partial charge >= 0.3 is 5.97 Å². The fourth-order valence-corrected chi connectivity index (χ4v) is 2.88. The molecule has 1 amide bonds. The highest BCUT2D eigenvalue weighted by Crippen LogP contribution is 2.19. The molecule has 5 nitrogen and oxygen atoms in total. The van der Waals surface area contributed by atoms with Crippen molar-refractivity contribution in [3.63, 3.8) is 0 Å². The monoisotopic (exact) mass is 368 g/mol. The van der Waals surface area contributed by atoms with E-state index in [4.69, 9.17) is 4.74 Å². The molecule has 1 unspecified atom stereocenters. The van der Waals surface area contributed by atoms with Crippen molar-refractivity contribution in [2.24, 2.45) is 0 Å². The van der Waals surface area contributed by atoms with E-state index in [2.05, 4.69) is 10.3 Å². The smallest absolute Gasteiger partial charge is 0.306 e. The van der Waals surface area contributed by atoms with E-state index < -0.39 is 23.8 Å². The zero-order valence-corrected chi connectivity index (χ0v) is 15.0. The number of carbonyl (C=O) groups is 2. The number of nitrogens with one attached hydrogen (secondary N) is 2. The van der Waals surface area contributed by atoms with Gasteiger partial charge in [0.2, 0.25) is 0 Å². The second kappa shape index (κ2) is 8.49. The molecule has 0 radical (unpaired) electrons. The van der Waals surface area contributed by atoms with E-state index in [1.165, 1.54) is 25.1 Å². The number of anilines is 1. The Morgan fingerprint density at radius 2 is 2.00 bits per heavy atom. The standard InChI is InChI=1S/C21H21FN2O3/c1-14(21(26)24-17-8-5-7-16(22)12-17)27-20(25)11-4-6-15-13-23-19-10-3-2-9-18(15)19/h2-3,5,7-10,12-14,23H,4,6,11H2,1H3,(H,24,26). The number of amides is 1. The zero-order chi connectivity index (χ0) is 19.2. The predicted octanol–water partition coefficient (Wildman–Crippen LogP) is 4.20. The number of halogens is 1. The molecule has 2 aromatic carbocycles. The van der Waals surface area contributed by atoms with Crippen LogP contribution < -0.4 is 5.32 Å². The summed E-state index contributed by atoms with van der Waals surface area (Å²) >= 11 is 0. The van der Waals surface area contributed by atoms with Crippen LogP contribution >= 0.6 is 0 Å². The van der Waals surface area contributed by atoms with Crippen molar-refractivity contribution >= 4 is 28.5 Å². The first-order valence-electron chi connectivity index (χ1n) is 8.84. The second-order valence-corrected chi connectivity index (χ2v) is 6.34. The fraction of sp³-hybridized carbons (Fsp3) is 0.238. The average Bonchev–Trinajstić information content (AvgIpc) is 3.05. The van der Waals surface area contributed by atoms with Gasteiger partial charge in [-0.2, -0.15) is 0 Å². The van der Waals surface area contributed by atoms with Crippen molar-refractivity contribution in [3.8, 4) is 0 Å². The maximum absolute atomic E-state index is 13.1. The van der Waals surface area contributed by atoms with Crippen molar-refractivity contribution in [1.82, 2.24) is 4.98 Å². The van der Waals surface area contributed by atoms with Crippen LogP contribution in [0.1, 0.15) is 25.3 Å². The number of aromatic amines is 1. The maximum Gasteiger partial charge on any atom is 0.306 e. The highest BCUT2D eigenvalue weighted by atomic mass is 19.1. The van der Waals surface area contributed by atoms with E-state index in [0.717, 1.165) is 22.9 Å². The lowest BCUT2D eigenvalue weighted by Gasteiger charge is -2.13. The van der Waals surface area contributed by atoms with Gasteiger partial charge in [0.1, 0.15) is 5.82 Å². The van der Waals surface area contributed by atoms with Crippen LogP contribution in [0.4, 0.5) is 10.1 Å². The minimum atomic E-state index is -0.950. The van der Waals surface area contributed by atoms with Gasteiger partial charge in [0.25, 0.3) is 5.91 Å². The quantitative estimate of drug-likeness (QED) is 0.614. The number of aromatic nitrogens is 1. The fourth-order valence-electron chi connectivity index (χ4n) is 2.88. The first-order chi connectivity index (χ1) is 13.0. The molecule has 1 atom stereocenters. The molecule has 0 fully saturated rings. The Hall–Kier alpha value is -3.15. The number of rotatable bonds is 7. The molecule has 140 valence electrons. The molecule has 0 saturated carbocycles. The number of carbonyl (C=O) groups excluding carboxylic acids is 2. The number of aryl methyl sites for hydroxylation is 1. The molecule has 0 aliphatic rings. The number of benzene rings is 2. The van der Waals surface area contributed by atoms with E-state index in [-0.39, 0.29) is 6.42 Å². The third-order valence-corrected chi connectivity index (χ3v) is 4.27. The van der Waals surface area contributed by atoms with Gasteiger partial charge in [-0.1, -0.05) is 24.3 Å². The van der Waals surface area contributed by atoms with Crippen LogP contribution in [-0.4, -0.2) is 23.0 Å². The van der Waals surface area contributed by atoms with Crippen molar-refractivity contribution < 1.29 is 18.7 Å². The molecule has 1 aromatic heterocycles. The van der Waals surface area contributed by atoms with Crippen LogP contribution in [0.5, 0.6) is 0 Å². The summed E-state index contributed by atoms with van der Waals surface area (Å²) in [5.74, 6) is -1.38. The largest absolute Gasteiger partial charge is 0.453 e. The van der Waals surface area contributed by atoms with E-state index in [1.807, 2.05) is 30.5 Å². The number of hydrogen-bond acceptors (Lipinski definition) is 3. The first kappa shape index (κ1) is 18.6. The summed E-state index contributed by atoms with van der Waals surface area (Å²) in [5.41, 5.74) is 2.54. The normalized spacial score (nSPS) is 11.9. The SMILES string of the molecule is CC(OC(=O)CCCc1c[nH]c2ccccc12)C(=O)Nc1cccc(F)c1. The lowest BCUT2D eigenvalue weighted by molar-refractivity contribution is -0.153. The summed E-state index contributed by atoms with van der Waals surface area (Å²) in [6, 6.07) is 13.5. The number of H-pyrrole nitrogens is 1. The summed E-state index contributed by atoms with van der Waals surface area (Å²) in [6.45, 7) is 1.49. The molecular formula is C21H21FN2O3. The van der Waals surface area contributed by atoms with Gasteiger partial charge in [-0.25, -0.2) is 4.39 Å². The molecule has 6 heteroatoms. The summed E-state index contributed by atoms with van der Waals surface area (Å²) in [4.78, 5) is 27.2. The highest BCUT2D eigenvalue weighted by molar-refractivity contribution is 5.95. The molecule has 0 spiro atoms. The molecular weight excluding hydrogens is 347 g/mol. The summed E-state index contributed by atoms with van der Waals surface area (Å²) in [7, 11) is 0. The number of esters is 1. The van der Waals surface area contributed by atoms with Crippen LogP contribution in [0.15, 0.2) is 54.7 Å². The highest BCUT2D eigenvalue weighted by Gasteiger charge is 2.18. The van der Waals surface area contributed by atoms with Crippen molar-refractivity contribution in [2.75, 3.05) is 5.32 Å². The van der Waals surface area contributed by atoms with Crippen molar-refractivity contribution in [2.45, 2.75) is 32.3 Å². The Kier molecular flexibility index (Phi) is 5.86. The number of hydrogen-bond donors (Lipinski definition) is 2. The summed E-state index contributed by atoms with van der Waals surface area (Å²) in [5, 5.41) is 3.67. The number of para-hydroxylation sites is 1. The van der Waals surface area contributed by atoms with Crippen LogP contribution in [0.2, 0.25) is 0 Å². The van der Waals surface area contributed by atoms with Gasteiger partial charge in [0.05, 0.1) is 0 Å². The zero-order valence-electron chi connectivity index (χ0n) is 15.0. The minimum absolute atomic E-state index is 0.219. The van der Waals surface area contributed by atoms with E-state index in [0.29, 0.717) is 12.1 Å². The van der Waals surface area contributed by atoms with Crippen LogP contribution in [-0.2, 0) is 20.7 Å². The van der Waals surface area contributed by atoms with Crippen molar-refractivity contribution in [3.05, 3.63) is 66.1 Å². The molecule has 0 bridgehead atoms.